The summed E-state index contributed by atoms with van der Waals surface area (Å²) in [6.07, 6.45) is 2.87. The highest BCUT2D eigenvalue weighted by atomic mass is 16.2. The summed E-state index contributed by atoms with van der Waals surface area (Å²) in [5, 5.41) is 10.3. The quantitative estimate of drug-likeness (QED) is 0.720. The van der Waals surface area contributed by atoms with Gasteiger partial charge < -0.3 is 10.6 Å². The van der Waals surface area contributed by atoms with Crippen molar-refractivity contribution in [3.05, 3.63) is 77.1 Å². The number of benzene rings is 2. The van der Waals surface area contributed by atoms with Gasteiger partial charge in [-0.1, -0.05) is 30.3 Å². The number of amides is 2. The van der Waals surface area contributed by atoms with Crippen molar-refractivity contribution in [2.75, 3.05) is 5.32 Å². The van der Waals surface area contributed by atoms with Crippen molar-refractivity contribution >= 4 is 17.5 Å². The van der Waals surface area contributed by atoms with Gasteiger partial charge in [0.05, 0.1) is 5.69 Å². The highest BCUT2D eigenvalue weighted by molar-refractivity contribution is 5.94. The molecular weight excluding hydrogens is 352 g/mol. The molecule has 1 heterocycles. The first-order valence-electron chi connectivity index (χ1n) is 9.43. The smallest absolute Gasteiger partial charge is 0.272 e. The molecule has 28 heavy (non-hydrogen) atoms. The number of carbonyl (C=O) groups excluding carboxylic acids is 2. The first-order chi connectivity index (χ1) is 13.6. The van der Waals surface area contributed by atoms with E-state index in [-0.39, 0.29) is 11.8 Å². The standard InChI is InChI=1S/C22H22N4O2/c1-15(27)24-17-12-10-16(11-13-17)14-23-22(28)21-19-8-5-9-20(19)26(25-21)18-6-3-2-4-7-18/h2-4,6-7,10-13H,5,8-9,14H2,1H3,(H,23,28)(H,24,27). The molecule has 6 heteroatoms. The third kappa shape index (κ3) is 3.67. The molecule has 0 unspecified atom stereocenters. The molecule has 1 aliphatic carbocycles. The highest BCUT2D eigenvalue weighted by Crippen LogP contribution is 2.27. The molecule has 0 saturated carbocycles. The Bertz CT molecular complexity index is 1010. The van der Waals surface area contributed by atoms with Crippen molar-refractivity contribution in [2.24, 2.45) is 0 Å². The predicted molar refractivity (Wildman–Crippen MR) is 108 cm³/mol. The molecular formula is C22H22N4O2. The lowest BCUT2D eigenvalue weighted by Gasteiger charge is -2.07. The van der Waals surface area contributed by atoms with E-state index in [1.807, 2.05) is 59.3 Å². The van der Waals surface area contributed by atoms with Gasteiger partial charge in [-0.25, -0.2) is 4.68 Å². The minimum atomic E-state index is -0.154. The van der Waals surface area contributed by atoms with Crippen molar-refractivity contribution in [3.63, 3.8) is 0 Å². The minimum Gasteiger partial charge on any atom is -0.347 e. The van der Waals surface area contributed by atoms with Crippen LogP contribution in [0.15, 0.2) is 54.6 Å². The molecule has 4 rings (SSSR count). The van der Waals surface area contributed by atoms with Gasteiger partial charge in [0.2, 0.25) is 5.91 Å². The van der Waals surface area contributed by atoms with Crippen LogP contribution in [-0.4, -0.2) is 21.6 Å². The predicted octanol–water partition coefficient (Wildman–Crippen LogP) is 3.25. The van der Waals surface area contributed by atoms with Crippen molar-refractivity contribution in [3.8, 4) is 5.69 Å². The molecule has 1 aliphatic rings. The van der Waals surface area contributed by atoms with Crippen molar-refractivity contribution < 1.29 is 9.59 Å². The van der Waals surface area contributed by atoms with Gasteiger partial charge in [-0.05, 0) is 49.1 Å². The van der Waals surface area contributed by atoms with E-state index in [1.165, 1.54) is 6.92 Å². The number of hydrogen-bond acceptors (Lipinski definition) is 3. The summed E-state index contributed by atoms with van der Waals surface area (Å²) < 4.78 is 1.90. The van der Waals surface area contributed by atoms with Crippen molar-refractivity contribution in [1.82, 2.24) is 15.1 Å². The third-order valence-corrected chi connectivity index (χ3v) is 4.87. The average Bonchev–Trinajstić information content (AvgIpc) is 3.30. The fourth-order valence-corrected chi connectivity index (χ4v) is 3.58. The summed E-state index contributed by atoms with van der Waals surface area (Å²) >= 11 is 0. The summed E-state index contributed by atoms with van der Waals surface area (Å²) in [5.41, 5.74) is 5.39. The summed E-state index contributed by atoms with van der Waals surface area (Å²) in [6.45, 7) is 1.88. The molecule has 0 atom stereocenters. The second-order valence-electron chi connectivity index (χ2n) is 6.94. The Morgan fingerprint density at radius 3 is 2.50 bits per heavy atom. The van der Waals surface area contributed by atoms with Gasteiger partial charge in [0.25, 0.3) is 5.91 Å². The van der Waals surface area contributed by atoms with Crippen LogP contribution >= 0.6 is 0 Å². The number of hydrogen-bond donors (Lipinski definition) is 2. The van der Waals surface area contributed by atoms with Gasteiger partial charge in [-0.2, -0.15) is 5.10 Å². The van der Waals surface area contributed by atoms with E-state index < -0.39 is 0 Å². The van der Waals surface area contributed by atoms with Crippen LogP contribution in [0.2, 0.25) is 0 Å². The normalized spacial score (nSPS) is 12.5. The maximum atomic E-state index is 12.8. The number of nitrogens with one attached hydrogen (secondary N) is 2. The Morgan fingerprint density at radius 1 is 1.04 bits per heavy atom. The van der Waals surface area contributed by atoms with Crippen LogP contribution in [0.4, 0.5) is 5.69 Å². The number of nitrogens with zero attached hydrogens (tertiary/aromatic N) is 2. The number of para-hydroxylation sites is 1. The Morgan fingerprint density at radius 2 is 1.79 bits per heavy atom. The molecule has 0 spiro atoms. The SMILES string of the molecule is CC(=O)Nc1ccc(CNC(=O)c2nn(-c3ccccc3)c3c2CCC3)cc1. The van der Waals surface area contributed by atoms with Crippen LogP contribution in [0.3, 0.4) is 0 Å². The lowest BCUT2D eigenvalue weighted by Crippen LogP contribution is -2.24. The van der Waals surface area contributed by atoms with E-state index in [0.717, 1.165) is 47.5 Å². The summed E-state index contributed by atoms with van der Waals surface area (Å²) in [6, 6.07) is 17.4. The molecule has 3 aromatic rings. The molecule has 0 radical (unpaired) electrons. The Hall–Kier alpha value is -3.41. The van der Waals surface area contributed by atoms with Crippen LogP contribution in [0.1, 0.15) is 40.7 Å². The van der Waals surface area contributed by atoms with Gasteiger partial charge in [0.1, 0.15) is 0 Å². The summed E-state index contributed by atoms with van der Waals surface area (Å²) in [4.78, 5) is 23.9. The van der Waals surface area contributed by atoms with Gasteiger partial charge in [0, 0.05) is 30.4 Å². The number of aromatic nitrogens is 2. The average molecular weight is 374 g/mol. The van der Waals surface area contributed by atoms with Crippen LogP contribution in [-0.2, 0) is 24.2 Å². The molecule has 6 nitrogen and oxygen atoms in total. The third-order valence-electron chi connectivity index (χ3n) is 4.87. The van der Waals surface area contributed by atoms with Gasteiger partial charge >= 0.3 is 0 Å². The monoisotopic (exact) mass is 374 g/mol. The lowest BCUT2D eigenvalue weighted by atomic mass is 10.1. The molecule has 0 aliphatic heterocycles. The first kappa shape index (κ1) is 18.0. The zero-order valence-corrected chi connectivity index (χ0v) is 15.7. The minimum absolute atomic E-state index is 0.107. The lowest BCUT2D eigenvalue weighted by molar-refractivity contribution is -0.114. The van der Waals surface area contributed by atoms with E-state index >= 15 is 0 Å². The number of rotatable bonds is 5. The topological polar surface area (TPSA) is 76.0 Å². The largest absolute Gasteiger partial charge is 0.347 e. The molecule has 2 amide bonds. The molecule has 2 aromatic carbocycles. The van der Waals surface area contributed by atoms with Gasteiger partial charge in [-0.15, -0.1) is 0 Å². The Kier molecular flexibility index (Phi) is 4.93. The first-order valence-corrected chi connectivity index (χ1v) is 9.43. The van der Waals surface area contributed by atoms with Crippen LogP contribution in [0.5, 0.6) is 0 Å². The fourth-order valence-electron chi connectivity index (χ4n) is 3.58. The van der Waals surface area contributed by atoms with E-state index in [4.69, 9.17) is 0 Å². The second kappa shape index (κ2) is 7.68. The van der Waals surface area contributed by atoms with E-state index in [0.29, 0.717) is 12.2 Å². The molecule has 0 saturated heterocycles. The molecule has 0 fully saturated rings. The van der Waals surface area contributed by atoms with Gasteiger partial charge in [0.15, 0.2) is 5.69 Å². The molecule has 0 bridgehead atoms. The maximum Gasteiger partial charge on any atom is 0.272 e. The van der Waals surface area contributed by atoms with E-state index in [1.54, 1.807) is 0 Å². The van der Waals surface area contributed by atoms with Crippen molar-refractivity contribution in [2.45, 2.75) is 32.7 Å². The van der Waals surface area contributed by atoms with Crippen LogP contribution in [0.25, 0.3) is 5.69 Å². The fraction of sp³-hybridized carbons (Fsp3) is 0.227. The zero-order valence-electron chi connectivity index (χ0n) is 15.7. The van der Waals surface area contributed by atoms with Crippen LogP contribution in [0, 0.1) is 0 Å². The summed E-state index contributed by atoms with van der Waals surface area (Å²) in [5.74, 6) is -0.261. The number of anilines is 1. The van der Waals surface area contributed by atoms with Crippen LogP contribution < -0.4 is 10.6 Å². The van der Waals surface area contributed by atoms with E-state index in [9.17, 15) is 9.59 Å². The zero-order chi connectivity index (χ0) is 19.5. The molecule has 1 aromatic heterocycles. The van der Waals surface area contributed by atoms with E-state index in [2.05, 4.69) is 15.7 Å². The molecule has 2 N–H and O–H groups in total. The van der Waals surface area contributed by atoms with Gasteiger partial charge in [-0.3, -0.25) is 9.59 Å². The Labute approximate surface area is 163 Å². The Balaban J connectivity index is 1.49. The van der Waals surface area contributed by atoms with Crippen molar-refractivity contribution in [1.29, 1.82) is 0 Å². The molecule has 142 valence electrons. The number of carbonyl (C=O) groups is 2. The highest BCUT2D eigenvalue weighted by Gasteiger charge is 2.26. The second-order valence-corrected chi connectivity index (χ2v) is 6.94. The summed E-state index contributed by atoms with van der Waals surface area (Å²) in [7, 11) is 0. The maximum absolute atomic E-state index is 12.8. The number of fused-ring (bicyclic) bond motifs is 1.